The summed E-state index contributed by atoms with van der Waals surface area (Å²) in [5.41, 5.74) is 1.05. The van der Waals surface area contributed by atoms with E-state index in [0.717, 1.165) is 5.69 Å². The van der Waals surface area contributed by atoms with Gasteiger partial charge in [-0.1, -0.05) is 18.2 Å². The monoisotopic (exact) mass is 176 g/mol. The molecule has 1 rings (SSSR count). The van der Waals surface area contributed by atoms with Crippen LogP contribution >= 0.6 is 0 Å². The van der Waals surface area contributed by atoms with Crippen LogP contribution in [0.25, 0.3) is 0 Å². The third-order valence-electron chi connectivity index (χ3n) is 1.46. The lowest BCUT2D eigenvalue weighted by Gasteiger charge is -2.10. The zero-order chi connectivity index (χ0) is 9.73. The van der Waals surface area contributed by atoms with Crippen LogP contribution in [0.2, 0.25) is 0 Å². The van der Waals surface area contributed by atoms with Crippen LogP contribution < -0.4 is 5.32 Å². The second-order valence-corrected chi connectivity index (χ2v) is 3.94. The van der Waals surface area contributed by atoms with E-state index in [1.807, 2.05) is 30.3 Å². The van der Waals surface area contributed by atoms with Crippen LogP contribution in [0, 0.1) is 0 Å². The van der Waals surface area contributed by atoms with E-state index < -0.39 is 0 Å². The lowest BCUT2D eigenvalue weighted by Crippen LogP contribution is -2.11. The Morgan fingerprint density at radius 3 is 2.31 bits per heavy atom. The van der Waals surface area contributed by atoms with Gasteiger partial charge in [0.05, 0.1) is 11.9 Å². The smallest absolute Gasteiger partial charge is 0.0874 e. The number of aliphatic imine (C=N–C) groups is 1. The van der Waals surface area contributed by atoms with E-state index in [0.29, 0.717) is 0 Å². The maximum atomic E-state index is 4.32. The number of para-hydroxylation sites is 1. The zero-order valence-corrected chi connectivity index (χ0v) is 8.41. The molecular weight excluding hydrogens is 160 g/mol. The van der Waals surface area contributed by atoms with Crippen LogP contribution in [0.3, 0.4) is 0 Å². The highest BCUT2D eigenvalue weighted by atomic mass is 15.0. The molecule has 2 nitrogen and oxygen atoms in total. The summed E-state index contributed by atoms with van der Waals surface area (Å²) >= 11 is 0. The van der Waals surface area contributed by atoms with E-state index >= 15 is 0 Å². The molecule has 0 fully saturated rings. The van der Waals surface area contributed by atoms with Gasteiger partial charge in [0.1, 0.15) is 0 Å². The maximum absolute atomic E-state index is 4.32. The number of hydrogen-bond acceptors (Lipinski definition) is 1. The number of nitrogens with zero attached hydrogens (tertiary/aromatic N) is 1. The van der Waals surface area contributed by atoms with E-state index in [1.54, 1.807) is 6.34 Å². The number of nitrogens with one attached hydrogen (secondary N) is 1. The largest absolute Gasteiger partial charge is 0.347 e. The van der Waals surface area contributed by atoms with Crippen molar-refractivity contribution in [3.05, 3.63) is 30.3 Å². The van der Waals surface area contributed by atoms with Crippen molar-refractivity contribution in [3.63, 3.8) is 0 Å². The number of hydrogen-bond donors (Lipinski definition) is 1. The molecule has 0 saturated heterocycles. The molecule has 13 heavy (non-hydrogen) atoms. The van der Waals surface area contributed by atoms with Crippen molar-refractivity contribution in [2.45, 2.75) is 26.3 Å². The minimum atomic E-state index is -0.0121. The first-order chi connectivity index (χ1) is 6.08. The fraction of sp³-hybridized carbons (Fsp3) is 0.364. The molecule has 0 spiro atoms. The second-order valence-electron chi connectivity index (χ2n) is 3.94. The Kier molecular flexibility index (Phi) is 3.07. The van der Waals surface area contributed by atoms with Gasteiger partial charge in [-0.2, -0.15) is 0 Å². The van der Waals surface area contributed by atoms with E-state index in [9.17, 15) is 0 Å². The standard InChI is InChI=1S/C11H16N2/c1-11(2,3)13-9-12-10-7-5-4-6-8-10/h4-9H,1-3H3,(H,12,13). The molecule has 0 heterocycles. The third kappa shape index (κ3) is 4.31. The number of rotatable bonds is 2. The van der Waals surface area contributed by atoms with Crippen molar-refractivity contribution in [2.75, 3.05) is 5.32 Å². The Hall–Kier alpha value is -1.31. The minimum Gasteiger partial charge on any atom is -0.347 e. The van der Waals surface area contributed by atoms with Crippen LogP contribution in [0.5, 0.6) is 0 Å². The Bertz CT molecular complexity index is 270. The molecule has 0 atom stereocenters. The molecule has 0 saturated carbocycles. The molecule has 70 valence electrons. The second kappa shape index (κ2) is 4.08. The molecular formula is C11H16N2. The summed E-state index contributed by atoms with van der Waals surface area (Å²) in [6, 6.07) is 10.00. The van der Waals surface area contributed by atoms with Gasteiger partial charge in [-0.05, 0) is 32.9 Å². The van der Waals surface area contributed by atoms with Gasteiger partial charge in [-0.3, -0.25) is 4.99 Å². The average Bonchev–Trinajstić information content (AvgIpc) is 2.04. The van der Waals surface area contributed by atoms with Gasteiger partial charge < -0.3 is 5.32 Å². The van der Waals surface area contributed by atoms with Crippen molar-refractivity contribution in [1.82, 2.24) is 0 Å². The van der Waals surface area contributed by atoms with Gasteiger partial charge in [-0.15, -0.1) is 0 Å². The Morgan fingerprint density at radius 1 is 1.15 bits per heavy atom. The van der Waals surface area contributed by atoms with Gasteiger partial charge in [0.2, 0.25) is 0 Å². The molecule has 0 bridgehead atoms. The van der Waals surface area contributed by atoms with Crippen molar-refractivity contribution >= 4 is 12.0 Å². The fourth-order valence-corrected chi connectivity index (χ4v) is 0.835. The third-order valence-corrected chi connectivity index (χ3v) is 1.46. The van der Waals surface area contributed by atoms with E-state index in [-0.39, 0.29) is 5.54 Å². The molecule has 1 aromatic carbocycles. The van der Waals surface area contributed by atoms with Crippen LogP contribution in [-0.4, -0.2) is 11.9 Å². The predicted octanol–water partition coefficient (Wildman–Crippen LogP) is 2.93. The Morgan fingerprint density at radius 2 is 1.77 bits per heavy atom. The summed E-state index contributed by atoms with van der Waals surface area (Å²) < 4.78 is 0. The molecule has 2 heteroatoms. The van der Waals surface area contributed by atoms with Gasteiger partial charge >= 0.3 is 0 Å². The lowest BCUT2D eigenvalue weighted by molar-refractivity contribution is 0.586. The van der Waals surface area contributed by atoms with Crippen molar-refractivity contribution in [3.8, 4) is 0 Å². The van der Waals surface area contributed by atoms with Crippen molar-refractivity contribution in [2.24, 2.45) is 4.99 Å². The highest BCUT2D eigenvalue weighted by molar-refractivity contribution is 5.75. The van der Waals surface area contributed by atoms with Gasteiger partial charge in [0, 0.05) is 5.69 Å². The summed E-state index contributed by atoms with van der Waals surface area (Å²) in [6.45, 7) is 6.20. The zero-order valence-electron chi connectivity index (χ0n) is 8.41. The molecule has 1 N–H and O–H groups in total. The first kappa shape index (κ1) is 9.78. The quantitative estimate of drug-likeness (QED) is 0.543. The average molecular weight is 176 g/mol. The molecule has 0 aromatic heterocycles. The topological polar surface area (TPSA) is 24.4 Å². The first-order valence-corrected chi connectivity index (χ1v) is 4.43. The molecule has 0 radical (unpaired) electrons. The Balaban J connectivity index is 2.49. The summed E-state index contributed by atoms with van der Waals surface area (Å²) in [6.07, 6.45) is 1.75. The van der Waals surface area contributed by atoms with Gasteiger partial charge in [0.15, 0.2) is 0 Å². The Labute approximate surface area is 79.7 Å². The van der Waals surface area contributed by atoms with Crippen molar-refractivity contribution < 1.29 is 0 Å². The summed E-state index contributed by atoms with van der Waals surface area (Å²) in [5, 5.41) is 3.11. The highest BCUT2D eigenvalue weighted by Crippen LogP contribution is 2.06. The van der Waals surface area contributed by atoms with Crippen molar-refractivity contribution in [1.29, 1.82) is 0 Å². The molecule has 0 unspecified atom stereocenters. The maximum Gasteiger partial charge on any atom is 0.0874 e. The lowest BCUT2D eigenvalue weighted by atomic mass is 10.1. The molecule has 1 aromatic rings. The van der Waals surface area contributed by atoms with Gasteiger partial charge in [0.25, 0.3) is 0 Å². The fourth-order valence-electron chi connectivity index (χ4n) is 0.835. The number of benzene rings is 1. The summed E-state index contributed by atoms with van der Waals surface area (Å²) in [7, 11) is 0. The van der Waals surface area contributed by atoms with Crippen LogP contribution in [0.15, 0.2) is 35.3 Å². The summed E-state index contributed by atoms with van der Waals surface area (Å²) in [5.74, 6) is 0. The molecule has 0 aliphatic carbocycles. The van der Waals surface area contributed by atoms with Gasteiger partial charge in [-0.25, -0.2) is 0 Å². The van der Waals surface area contributed by atoms with E-state index in [2.05, 4.69) is 31.1 Å². The first-order valence-electron chi connectivity index (χ1n) is 4.43. The SMILES string of the molecule is CC(C)(C)/N=C/Nc1ccccc1. The van der Waals surface area contributed by atoms with Crippen LogP contribution in [0.1, 0.15) is 20.8 Å². The van der Waals surface area contributed by atoms with E-state index in [4.69, 9.17) is 0 Å². The molecule has 0 aliphatic rings. The minimum absolute atomic E-state index is 0.0121. The van der Waals surface area contributed by atoms with E-state index in [1.165, 1.54) is 0 Å². The predicted molar refractivity (Wildman–Crippen MR) is 58.3 cm³/mol. The molecule has 0 amide bonds. The normalized spacial score (nSPS) is 11.9. The molecule has 0 aliphatic heterocycles. The van der Waals surface area contributed by atoms with Crippen LogP contribution in [-0.2, 0) is 0 Å². The van der Waals surface area contributed by atoms with Crippen LogP contribution in [0.4, 0.5) is 5.69 Å². The summed E-state index contributed by atoms with van der Waals surface area (Å²) in [4.78, 5) is 4.32. The number of anilines is 1. The highest BCUT2D eigenvalue weighted by Gasteiger charge is 2.03.